The molecule has 140 valence electrons. The molecule has 8 nitrogen and oxygen atoms in total. The van der Waals surface area contributed by atoms with Gasteiger partial charge in [-0.25, -0.2) is 17.4 Å². The van der Waals surface area contributed by atoms with Crippen molar-refractivity contribution >= 4 is 21.6 Å². The second kappa shape index (κ2) is 8.24. The Kier molecular flexibility index (Phi) is 6.27. The van der Waals surface area contributed by atoms with E-state index in [0.717, 1.165) is 17.1 Å². The van der Waals surface area contributed by atoms with Crippen LogP contribution in [0.4, 0.5) is 5.69 Å². The van der Waals surface area contributed by atoms with Crippen molar-refractivity contribution in [3.63, 3.8) is 0 Å². The number of anilines is 1. The monoisotopic (exact) mass is 378 g/mol. The Morgan fingerprint density at radius 1 is 1.15 bits per heavy atom. The first-order valence-corrected chi connectivity index (χ1v) is 9.62. The highest BCUT2D eigenvalue weighted by Crippen LogP contribution is 2.17. The molecule has 0 aliphatic heterocycles. The molecule has 0 saturated carbocycles. The van der Waals surface area contributed by atoms with E-state index in [9.17, 15) is 18.0 Å². The summed E-state index contributed by atoms with van der Waals surface area (Å²) in [6.07, 6.45) is 1.70. The van der Waals surface area contributed by atoms with Crippen LogP contribution in [0.5, 0.6) is 0 Å². The van der Waals surface area contributed by atoms with Gasteiger partial charge in [-0.2, -0.15) is 5.10 Å². The normalized spacial score (nSPS) is 11.5. The first kappa shape index (κ1) is 19.8. The summed E-state index contributed by atoms with van der Waals surface area (Å²) < 4.78 is 26.5. The van der Waals surface area contributed by atoms with Crippen LogP contribution in [-0.2, 0) is 16.6 Å². The van der Waals surface area contributed by atoms with Gasteiger partial charge in [-0.15, -0.1) is 0 Å². The fourth-order valence-corrected chi connectivity index (χ4v) is 3.06. The van der Waals surface area contributed by atoms with Gasteiger partial charge in [-0.3, -0.25) is 9.59 Å². The zero-order valence-electron chi connectivity index (χ0n) is 15.0. The van der Waals surface area contributed by atoms with Crippen molar-refractivity contribution in [2.45, 2.75) is 31.2 Å². The molecule has 2 aromatic rings. The molecular formula is C17H22N4O4S. The third kappa shape index (κ3) is 4.55. The predicted octanol–water partition coefficient (Wildman–Crippen LogP) is 1.55. The van der Waals surface area contributed by atoms with Crippen LogP contribution in [-0.4, -0.2) is 42.5 Å². The van der Waals surface area contributed by atoms with Crippen LogP contribution in [0.2, 0.25) is 0 Å². The summed E-state index contributed by atoms with van der Waals surface area (Å²) in [7, 11) is -0.626. The van der Waals surface area contributed by atoms with E-state index in [1.165, 1.54) is 55.2 Å². The molecule has 1 heterocycles. The summed E-state index contributed by atoms with van der Waals surface area (Å²) in [5.74, 6) is -0.474. The Morgan fingerprint density at radius 3 is 2.38 bits per heavy atom. The summed E-state index contributed by atoms with van der Waals surface area (Å²) in [6.45, 7) is 2.45. The fraction of sp³-hybridized carbons (Fsp3) is 0.353. The van der Waals surface area contributed by atoms with Crippen molar-refractivity contribution in [1.82, 2.24) is 14.1 Å². The number of carbonyl (C=O) groups is 1. The highest BCUT2D eigenvalue weighted by molar-refractivity contribution is 7.89. The molecule has 0 aliphatic rings. The third-order valence-electron chi connectivity index (χ3n) is 3.71. The van der Waals surface area contributed by atoms with Crippen LogP contribution in [0.1, 0.15) is 30.3 Å². The lowest BCUT2D eigenvalue weighted by atomic mass is 10.3. The fourth-order valence-electron chi connectivity index (χ4n) is 2.15. The van der Waals surface area contributed by atoms with Crippen LogP contribution in [0.25, 0.3) is 0 Å². The molecule has 0 spiro atoms. The minimum absolute atomic E-state index is 0.116. The first-order chi connectivity index (χ1) is 12.3. The lowest BCUT2D eigenvalue weighted by Gasteiger charge is -2.12. The molecule has 9 heteroatoms. The van der Waals surface area contributed by atoms with Gasteiger partial charge < -0.3 is 5.32 Å². The van der Waals surface area contributed by atoms with Gasteiger partial charge in [0.25, 0.3) is 11.5 Å². The van der Waals surface area contributed by atoms with Crippen molar-refractivity contribution in [2.24, 2.45) is 0 Å². The number of rotatable bonds is 7. The molecule has 0 aliphatic carbocycles. The predicted molar refractivity (Wildman–Crippen MR) is 98.7 cm³/mol. The quantitative estimate of drug-likeness (QED) is 0.788. The largest absolute Gasteiger partial charge is 0.321 e. The third-order valence-corrected chi connectivity index (χ3v) is 5.54. The number of hydrogen-bond donors (Lipinski definition) is 1. The molecule has 1 aromatic carbocycles. The maximum absolute atomic E-state index is 12.3. The Morgan fingerprint density at radius 2 is 1.81 bits per heavy atom. The lowest BCUT2D eigenvalue weighted by molar-refractivity contribution is 0.101. The topological polar surface area (TPSA) is 101 Å². The van der Waals surface area contributed by atoms with Crippen molar-refractivity contribution in [3.05, 3.63) is 52.4 Å². The molecule has 0 fully saturated rings. The Bertz CT molecular complexity index is 934. The second-order valence-corrected chi connectivity index (χ2v) is 8.05. The highest BCUT2D eigenvalue weighted by atomic mass is 32.2. The van der Waals surface area contributed by atoms with E-state index in [2.05, 4.69) is 10.4 Å². The maximum atomic E-state index is 12.3. The smallest absolute Gasteiger partial charge is 0.276 e. The minimum Gasteiger partial charge on any atom is -0.321 e. The van der Waals surface area contributed by atoms with Crippen molar-refractivity contribution in [2.75, 3.05) is 19.4 Å². The number of carbonyl (C=O) groups excluding carboxylic acids is 1. The van der Waals surface area contributed by atoms with Gasteiger partial charge in [0, 0.05) is 32.4 Å². The first-order valence-electron chi connectivity index (χ1n) is 8.18. The average molecular weight is 378 g/mol. The summed E-state index contributed by atoms with van der Waals surface area (Å²) in [4.78, 5) is 24.2. The molecule has 0 radical (unpaired) electrons. The molecule has 0 saturated heterocycles. The number of aromatic nitrogens is 2. The summed E-state index contributed by atoms with van der Waals surface area (Å²) in [5, 5.41) is 6.72. The number of aryl methyl sites for hydroxylation is 1. The van der Waals surface area contributed by atoms with Crippen LogP contribution >= 0.6 is 0 Å². The molecule has 1 aromatic heterocycles. The van der Waals surface area contributed by atoms with Gasteiger partial charge >= 0.3 is 0 Å². The van der Waals surface area contributed by atoms with Crippen molar-refractivity contribution < 1.29 is 13.2 Å². The molecule has 0 atom stereocenters. The van der Waals surface area contributed by atoms with Gasteiger partial charge in [0.2, 0.25) is 10.0 Å². The number of nitrogens with one attached hydrogen (secondary N) is 1. The van der Waals surface area contributed by atoms with Crippen molar-refractivity contribution in [3.8, 4) is 0 Å². The minimum atomic E-state index is -3.52. The van der Waals surface area contributed by atoms with E-state index in [0.29, 0.717) is 12.2 Å². The van der Waals surface area contributed by atoms with E-state index in [1.807, 2.05) is 6.92 Å². The van der Waals surface area contributed by atoms with E-state index in [4.69, 9.17) is 0 Å². The molecule has 2 rings (SSSR count). The van der Waals surface area contributed by atoms with E-state index in [-0.39, 0.29) is 16.1 Å². The summed E-state index contributed by atoms with van der Waals surface area (Å²) in [5.41, 5.74) is 0.291. The van der Waals surface area contributed by atoms with Gasteiger partial charge in [0.1, 0.15) is 5.69 Å². The molecule has 0 bridgehead atoms. The standard InChI is InChI=1S/C17H22N4O4S/c1-4-5-12-21-16(22)11-10-15(19-21)17(23)18-13-6-8-14(9-7-13)26(24,25)20(2)3/h6-11H,4-5,12H2,1-3H3,(H,18,23). The Balaban J connectivity index is 2.16. The Hall–Kier alpha value is -2.52. The highest BCUT2D eigenvalue weighted by Gasteiger charge is 2.17. The number of amides is 1. The summed E-state index contributed by atoms with van der Waals surface area (Å²) in [6, 6.07) is 8.51. The second-order valence-electron chi connectivity index (χ2n) is 5.90. The average Bonchev–Trinajstić information content (AvgIpc) is 2.61. The number of benzene rings is 1. The van der Waals surface area contributed by atoms with Gasteiger partial charge in [0.15, 0.2) is 0 Å². The maximum Gasteiger partial charge on any atom is 0.276 e. The molecule has 1 amide bonds. The van der Waals surface area contributed by atoms with Crippen molar-refractivity contribution in [1.29, 1.82) is 0 Å². The van der Waals surface area contributed by atoms with Gasteiger partial charge in [-0.05, 0) is 36.8 Å². The van der Waals surface area contributed by atoms with Crippen LogP contribution in [0.15, 0.2) is 46.1 Å². The van der Waals surface area contributed by atoms with Gasteiger partial charge in [0.05, 0.1) is 4.90 Å². The summed E-state index contributed by atoms with van der Waals surface area (Å²) >= 11 is 0. The molecule has 0 unspecified atom stereocenters. The number of unbranched alkanes of at least 4 members (excludes halogenated alkanes) is 1. The van der Waals surface area contributed by atoms with E-state index >= 15 is 0 Å². The number of sulfonamides is 1. The number of hydrogen-bond acceptors (Lipinski definition) is 5. The molecular weight excluding hydrogens is 356 g/mol. The SMILES string of the molecule is CCCCn1nc(C(=O)Nc2ccc(S(=O)(=O)N(C)C)cc2)ccc1=O. The lowest BCUT2D eigenvalue weighted by Crippen LogP contribution is -2.26. The van der Waals surface area contributed by atoms with Crippen LogP contribution in [0, 0.1) is 0 Å². The molecule has 1 N–H and O–H groups in total. The molecule has 26 heavy (non-hydrogen) atoms. The zero-order valence-corrected chi connectivity index (χ0v) is 15.8. The Labute approximate surface area is 152 Å². The van der Waals surface area contributed by atoms with E-state index in [1.54, 1.807) is 0 Å². The number of nitrogens with zero attached hydrogens (tertiary/aromatic N) is 3. The van der Waals surface area contributed by atoms with Crippen LogP contribution < -0.4 is 10.9 Å². The van der Waals surface area contributed by atoms with Crippen LogP contribution in [0.3, 0.4) is 0 Å². The van der Waals surface area contributed by atoms with E-state index < -0.39 is 15.9 Å². The van der Waals surface area contributed by atoms with Gasteiger partial charge in [-0.1, -0.05) is 13.3 Å². The zero-order chi connectivity index (χ0) is 19.3.